The molecule has 0 radical (unpaired) electrons. The van der Waals surface area contributed by atoms with Crippen LogP contribution < -0.4 is 5.73 Å². The van der Waals surface area contributed by atoms with Gasteiger partial charge >= 0.3 is 5.97 Å². The summed E-state index contributed by atoms with van der Waals surface area (Å²) >= 11 is 7.80. The number of carbonyl (C=O) groups is 1. The minimum Gasteiger partial charge on any atom is -0.468 e. The Kier molecular flexibility index (Phi) is 5.98. The number of methoxy groups -OCH3 is 1. The second-order valence-electron chi connectivity index (χ2n) is 3.95. The summed E-state index contributed by atoms with van der Waals surface area (Å²) in [6.45, 7) is 1.93. The lowest BCUT2D eigenvalue weighted by atomic mass is 10.2. The van der Waals surface area contributed by atoms with E-state index >= 15 is 0 Å². The lowest BCUT2D eigenvalue weighted by Crippen LogP contribution is -2.31. The molecule has 1 aromatic heterocycles. The van der Waals surface area contributed by atoms with Gasteiger partial charge in [-0.2, -0.15) is 16.9 Å². The third-order valence-electron chi connectivity index (χ3n) is 2.59. The van der Waals surface area contributed by atoms with Crippen LogP contribution in [0.3, 0.4) is 0 Å². The zero-order chi connectivity index (χ0) is 13.7. The van der Waals surface area contributed by atoms with Crippen molar-refractivity contribution in [1.82, 2.24) is 9.78 Å². The number of hydrogen-bond donors (Lipinski definition) is 1. The molecule has 2 N–H and O–H groups in total. The van der Waals surface area contributed by atoms with Crippen LogP contribution in [-0.4, -0.2) is 34.7 Å². The first kappa shape index (κ1) is 15.3. The monoisotopic (exact) mass is 291 g/mol. The maximum Gasteiger partial charge on any atom is 0.322 e. The highest BCUT2D eigenvalue weighted by Gasteiger charge is 2.14. The molecule has 1 aromatic rings. The van der Waals surface area contributed by atoms with Gasteiger partial charge in [-0.1, -0.05) is 11.6 Å². The molecule has 102 valence electrons. The van der Waals surface area contributed by atoms with Crippen LogP contribution in [0.15, 0.2) is 0 Å². The fourth-order valence-electron chi connectivity index (χ4n) is 1.49. The van der Waals surface area contributed by atoms with Gasteiger partial charge in [0.05, 0.1) is 12.8 Å². The van der Waals surface area contributed by atoms with Crippen molar-refractivity contribution in [3.63, 3.8) is 0 Å². The van der Waals surface area contributed by atoms with Gasteiger partial charge in [-0.05, 0) is 19.1 Å². The van der Waals surface area contributed by atoms with E-state index in [1.165, 1.54) is 7.11 Å². The number of esters is 1. The largest absolute Gasteiger partial charge is 0.468 e. The van der Waals surface area contributed by atoms with Gasteiger partial charge in [-0.3, -0.25) is 9.48 Å². The number of hydrogen-bond acceptors (Lipinski definition) is 5. The SMILES string of the molecule is COC(=O)C(N)CCSCc1c(C)nn(C)c1Cl. The molecule has 0 saturated carbocycles. The van der Waals surface area contributed by atoms with Crippen molar-refractivity contribution < 1.29 is 9.53 Å². The second-order valence-corrected chi connectivity index (χ2v) is 5.41. The van der Waals surface area contributed by atoms with Crippen LogP contribution in [0.4, 0.5) is 0 Å². The number of aryl methyl sites for hydroxylation is 2. The van der Waals surface area contributed by atoms with Crippen molar-refractivity contribution in [1.29, 1.82) is 0 Å². The maximum absolute atomic E-state index is 11.1. The topological polar surface area (TPSA) is 70.1 Å². The van der Waals surface area contributed by atoms with E-state index in [1.807, 2.05) is 14.0 Å². The normalized spacial score (nSPS) is 12.5. The standard InChI is InChI=1S/C11H18ClN3O2S/c1-7-8(10(12)15(2)14-7)6-18-5-4-9(13)11(16)17-3/h9H,4-6,13H2,1-3H3. The number of carbonyl (C=O) groups excluding carboxylic acids is 1. The van der Waals surface area contributed by atoms with Crippen LogP contribution in [0.25, 0.3) is 0 Å². The minimum atomic E-state index is -0.548. The minimum absolute atomic E-state index is 0.369. The summed E-state index contributed by atoms with van der Waals surface area (Å²) in [5.41, 5.74) is 7.62. The number of aromatic nitrogens is 2. The molecule has 0 aliphatic heterocycles. The predicted molar refractivity (Wildman–Crippen MR) is 73.7 cm³/mol. The van der Waals surface area contributed by atoms with E-state index in [0.717, 1.165) is 22.8 Å². The van der Waals surface area contributed by atoms with Gasteiger partial charge < -0.3 is 10.5 Å². The van der Waals surface area contributed by atoms with Crippen LogP contribution in [0.5, 0.6) is 0 Å². The fraction of sp³-hybridized carbons (Fsp3) is 0.636. The number of nitrogens with zero attached hydrogens (tertiary/aromatic N) is 2. The van der Waals surface area contributed by atoms with Crippen molar-refractivity contribution in [3.05, 3.63) is 16.4 Å². The third kappa shape index (κ3) is 3.90. The molecule has 18 heavy (non-hydrogen) atoms. The highest BCUT2D eigenvalue weighted by atomic mass is 35.5. The second kappa shape index (κ2) is 7.01. The first-order valence-electron chi connectivity index (χ1n) is 5.56. The van der Waals surface area contributed by atoms with Crippen LogP contribution in [0.2, 0.25) is 5.15 Å². The molecule has 0 aliphatic carbocycles. The predicted octanol–water partition coefficient (Wildman–Crippen LogP) is 1.51. The molecule has 0 fully saturated rings. The Morgan fingerprint density at radius 3 is 2.83 bits per heavy atom. The maximum atomic E-state index is 11.1. The Morgan fingerprint density at radius 2 is 2.33 bits per heavy atom. The summed E-state index contributed by atoms with van der Waals surface area (Å²) in [5.74, 6) is 1.18. The highest BCUT2D eigenvalue weighted by Crippen LogP contribution is 2.24. The van der Waals surface area contributed by atoms with Crippen LogP contribution in [-0.2, 0) is 22.3 Å². The van der Waals surface area contributed by atoms with Crippen molar-refractivity contribution in [3.8, 4) is 0 Å². The zero-order valence-corrected chi connectivity index (χ0v) is 12.3. The van der Waals surface area contributed by atoms with Crippen LogP contribution in [0.1, 0.15) is 17.7 Å². The van der Waals surface area contributed by atoms with Gasteiger partial charge in [-0.25, -0.2) is 0 Å². The summed E-state index contributed by atoms with van der Waals surface area (Å²) in [4.78, 5) is 11.1. The zero-order valence-electron chi connectivity index (χ0n) is 10.8. The summed E-state index contributed by atoms with van der Waals surface area (Å²) in [5, 5.41) is 4.90. The molecular formula is C11H18ClN3O2S. The van der Waals surface area contributed by atoms with E-state index in [0.29, 0.717) is 11.6 Å². The first-order chi connectivity index (χ1) is 8.47. The van der Waals surface area contributed by atoms with Gasteiger partial charge in [0.15, 0.2) is 0 Å². The molecule has 0 bridgehead atoms. The molecule has 0 aliphatic rings. The van der Waals surface area contributed by atoms with Crippen LogP contribution >= 0.6 is 23.4 Å². The first-order valence-corrected chi connectivity index (χ1v) is 7.09. The van der Waals surface area contributed by atoms with Gasteiger partial charge in [0.1, 0.15) is 11.2 Å². The smallest absolute Gasteiger partial charge is 0.322 e. The van der Waals surface area contributed by atoms with Crippen LogP contribution in [0, 0.1) is 6.92 Å². The molecule has 1 rings (SSSR count). The molecule has 1 unspecified atom stereocenters. The lowest BCUT2D eigenvalue weighted by molar-refractivity contribution is -0.142. The summed E-state index contributed by atoms with van der Waals surface area (Å²) < 4.78 is 6.22. The summed E-state index contributed by atoms with van der Waals surface area (Å²) in [6.07, 6.45) is 0.592. The van der Waals surface area contributed by atoms with E-state index in [9.17, 15) is 4.79 Å². The van der Waals surface area contributed by atoms with E-state index < -0.39 is 6.04 Å². The van der Waals surface area contributed by atoms with Gasteiger partial charge in [-0.15, -0.1) is 0 Å². The van der Waals surface area contributed by atoms with E-state index in [-0.39, 0.29) is 5.97 Å². The molecule has 0 spiro atoms. The molecular weight excluding hydrogens is 274 g/mol. The average Bonchev–Trinajstić information content (AvgIpc) is 2.58. The summed E-state index contributed by atoms with van der Waals surface area (Å²) in [6, 6.07) is -0.548. The lowest BCUT2D eigenvalue weighted by Gasteiger charge is -2.08. The highest BCUT2D eigenvalue weighted by molar-refractivity contribution is 7.98. The number of halogens is 1. The Balaban J connectivity index is 2.36. The Bertz CT molecular complexity index is 423. The third-order valence-corrected chi connectivity index (χ3v) is 4.08. The molecule has 1 atom stereocenters. The van der Waals surface area contributed by atoms with Crippen molar-refractivity contribution >= 4 is 29.3 Å². The van der Waals surface area contributed by atoms with Gasteiger partial charge in [0.25, 0.3) is 0 Å². The molecule has 0 aromatic carbocycles. The van der Waals surface area contributed by atoms with Gasteiger partial charge in [0, 0.05) is 18.4 Å². The van der Waals surface area contributed by atoms with Crippen molar-refractivity contribution in [2.75, 3.05) is 12.9 Å². The Hall–Kier alpha value is -0.720. The number of nitrogens with two attached hydrogens (primary N) is 1. The Morgan fingerprint density at radius 1 is 1.67 bits per heavy atom. The molecule has 5 nitrogen and oxygen atoms in total. The number of rotatable bonds is 6. The van der Waals surface area contributed by atoms with Crippen molar-refractivity contribution in [2.24, 2.45) is 12.8 Å². The summed E-state index contributed by atoms with van der Waals surface area (Å²) in [7, 11) is 3.16. The van der Waals surface area contributed by atoms with E-state index in [2.05, 4.69) is 9.84 Å². The number of ether oxygens (including phenoxy) is 1. The van der Waals surface area contributed by atoms with Gasteiger partial charge in [0.2, 0.25) is 0 Å². The Labute approximate surface area is 116 Å². The van der Waals surface area contributed by atoms with Crippen molar-refractivity contribution in [2.45, 2.75) is 25.1 Å². The van der Waals surface area contributed by atoms with E-state index in [4.69, 9.17) is 17.3 Å². The van der Waals surface area contributed by atoms with E-state index in [1.54, 1.807) is 16.4 Å². The number of thioether (sulfide) groups is 1. The molecule has 7 heteroatoms. The quantitative estimate of drug-likeness (QED) is 0.635. The molecule has 0 amide bonds. The fourth-order valence-corrected chi connectivity index (χ4v) is 2.93. The molecule has 1 heterocycles. The molecule has 0 saturated heterocycles. The average molecular weight is 292 g/mol.